The first-order valence-electron chi connectivity index (χ1n) is 12.9. The van der Waals surface area contributed by atoms with E-state index in [4.69, 9.17) is 9.72 Å². The van der Waals surface area contributed by atoms with E-state index in [1.54, 1.807) is 0 Å². The normalized spacial score (nSPS) is 21.1. The smallest absolute Gasteiger partial charge is 0.252 e. The van der Waals surface area contributed by atoms with Crippen LogP contribution < -0.4 is 10.1 Å². The number of benzene rings is 3. The Morgan fingerprint density at radius 3 is 2.53 bits per heavy atom. The van der Waals surface area contributed by atoms with Gasteiger partial charge in [-0.15, -0.1) is 0 Å². The summed E-state index contributed by atoms with van der Waals surface area (Å²) in [6.07, 6.45) is 2.17. The minimum Gasteiger partial charge on any atom is -0.494 e. The molecule has 3 atom stereocenters. The number of aromatic nitrogens is 1. The second-order valence-electron chi connectivity index (χ2n) is 9.91. The van der Waals surface area contributed by atoms with E-state index in [1.165, 1.54) is 5.56 Å². The SMILES string of the molecule is CCOc1ccc(-c2cc(C(=O)N[C@@H]3C[C@H]4C[C@@H]3CN4Cc3ccccc3)c3ccccc3n2)cc1. The third-order valence-corrected chi connectivity index (χ3v) is 7.62. The third-order valence-electron chi connectivity index (χ3n) is 7.62. The Morgan fingerprint density at radius 1 is 1.00 bits per heavy atom. The zero-order valence-corrected chi connectivity index (χ0v) is 20.6. The van der Waals surface area contributed by atoms with Crippen LogP contribution in [0.25, 0.3) is 22.2 Å². The van der Waals surface area contributed by atoms with E-state index in [-0.39, 0.29) is 11.9 Å². The van der Waals surface area contributed by atoms with Crippen molar-refractivity contribution in [1.29, 1.82) is 0 Å². The van der Waals surface area contributed by atoms with Crippen molar-refractivity contribution in [1.82, 2.24) is 15.2 Å². The molecule has 2 aliphatic rings. The molecule has 2 bridgehead atoms. The molecule has 1 N–H and O–H groups in total. The highest BCUT2D eigenvalue weighted by Gasteiger charge is 2.45. The molecule has 0 radical (unpaired) electrons. The van der Waals surface area contributed by atoms with Crippen LogP contribution in [-0.2, 0) is 6.54 Å². The summed E-state index contributed by atoms with van der Waals surface area (Å²) in [7, 11) is 0. The Balaban J connectivity index is 1.21. The lowest BCUT2D eigenvalue weighted by atomic mass is 10.00. The minimum absolute atomic E-state index is 0.00653. The molecule has 1 aliphatic heterocycles. The first-order chi connectivity index (χ1) is 17.7. The van der Waals surface area contributed by atoms with Gasteiger partial charge in [-0.25, -0.2) is 4.98 Å². The average Bonchev–Trinajstić information content (AvgIpc) is 3.49. The Kier molecular flexibility index (Phi) is 6.16. The van der Waals surface area contributed by atoms with Crippen molar-refractivity contribution < 1.29 is 9.53 Å². The van der Waals surface area contributed by atoms with Gasteiger partial charge < -0.3 is 10.1 Å². The molecule has 36 heavy (non-hydrogen) atoms. The number of hydrogen-bond donors (Lipinski definition) is 1. The summed E-state index contributed by atoms with van der Waals surface area (Å²) in [6.45, 7) is 4.63. The van der Waals surface area contributed by atoms with Gasteiger partial charge in [0.05, 0.1) is 23.4 Å². The lowest BCUT2D eigenvalue weighted by Crippen LogP contribution is -2.45. The van der Waals surface area contributed by atoms with Crippen molar-refractivity contribution in [3.8, 4) is 17.0 Å². The number of pyridine rings is 1. The molecule has 0 spiro atoms. The monoisotopic (exact) mass is 477 g/mol. The molecule has 0 unspecified atom stereocenters. The lowest BCUT2D eigenvalue weighted by Gasteiger charge is -2.32. The molecule has 4 aromatic rings. The fourth-order valence-corrected chi connectivity index (χ4v) is 5.88. The summed E-state index contributed by atoms with van der Waals surface area (Å²) < 4.78 is 5.58. The van der Waals surface area contributed by atoms with Gasteiger partial charge in [0, 0.05) is 36.1 Å². The highest BCUT2D eigenvalue weighted by atomic mass is 16.5. The van der Waals surface area contributed by atoms with Crippen LogP contribution in [0.1, 0.15) is 35.7 Å². The topological polar surface area (TPSA) is 54.5 Å². The standard InChI is InChI=1S/C31H31N3O2/c1-2-36-25-14-12-22(13-15-25)30-18-27(26-10-6-7-11-28(26)32-30)31(35)33-29-17-24-16-23(29)20-34(24)19-21-8-4-3-5-9-21/h3-15,18,23-24,29H,2,16-17,19-20H2,1H3,(H,33,35)/t23-,24-,29-/m1/s1. The summed E-state index contributed by atoms with van der Waals surface area (Å²) in [4.78, 5) is 21.0. The molecule has 182 valence electrons. The molecule has 1 aromatic heterocycles. The molecule has 1 saturated carbocycles. The van der Waals surface area contributed by atoms with E-state index in [2.05, 4.69) is 40.5 Å². The van der Waals surface area contributed by atoms with Crippen LogP contribution in [0.3, 0.4) is 0 Å². The van der Waals surface area contributed by atoms with Crippen LogP contribution in [0.2, 0.25) is 0 Å². The maximum absolute atomic E-state index is 13.6. The van der Waals surface area contributed by atoms with Gasteiger partial charge in [-0.05, 0) is 67.6 Å². The second-order valence-corrected chi connectivity index (χ2v) is 9.91. The first-order valence-corrected chi connectivity index (χ1v) is 12.9. The number of amides is 1. The van der Waals surface area contributed by atoms with Crippen molar-refractivity contribution in [2.75, 3.05) is 13.2 Å². The lowest BCUT2D eigenvalue weighted by molar-refractivity contribution is 0.0905. The number of likely N-dealkylation sites (tertiary alicyclic amines) is 1. The van der Waals surface area contributed by atoms with Crippen LogP contribution in [0, 0.1) is 5.92 Å². The van der Waals surface area contributed by atoms with Crippen LogP contribution in [0.4, 0.5) is 0 Å². The summed E-state index contributed by atoms with van der Waals surface area (Å²) in [5.74, 6) is 1.33. The van der Waals surface area contributed by atoms with E-state index >= 15 is 0 Å². The summed E-state index contributed by atoms with van der Waals surface area (Å²) in [6, 6.07) is 29.2. The fraction of sp³-hybridized carbons (Fsp3) is 0.290. The van der Waals surface area contributed by atoms with Crippen molar-refractivity contribution >= 4 is 16.8 Å². The molecule has 3 aromatic carbocycles. The minimum atomic E-state index is -0.00653. The average molecular weight is 478 g/mol. The number of piperidine rings is 1. The molecule has 5 nitrogen and oxygen atoms in total. The predicted octanol–water partition coefficient (Wildman–Crippen LogP) is 5.69. The quantitative estimate of drug-likeness (QED) is 0.371. The molecule has 1 aliphatic carbocycles. The first kappa shape index (κ1) is 22.7. The van der Waals surface area contributed by atoms with E-state index in [0.717, 1.165) is 53.8 Å². The fourth-order valence-electron chi connectivity index (χ4n) is 5.88. The summed E-state index contributed by atoms with van der Waals surface area (Å²) in [5.41, 5.74) is 4.64. The maximum Gasteiger partial charge on any atom is 0.252 e. The molecule has 6 rings (SSSR count). The van der Waals surface area contributed by atoms with Gasteiger partial charge >= 0.3 is 0 Å². The number of rotatable bonds is 7. The Morgan fingerprint density at radius 2 is 1.78 bits per heavy atom. The Bertz CT molecular complexity index is 1370. The van der Waals surface area contributed by atoms with E-state index < -0.39 is 0 Å². The third kappa shape index (κ3) is 4.47. The van der Waals surface area contributed by atoms with Crippen molar-refractivity contribution in [3.05, 3.63) is 96.1 Å². The zero-order chi connectivity index (χ0) is 24.5. The predicted molar refractivity (Wildman–Crippen MR) is 143 cm³/mol. The molecule has 2 fully saturated rings. The van der Waals surface area contributed by atoms with Crippen molar-refractivity contribution in [2.24, 2.45) is 5.92 Å². The number of carbonyl (C=O) groups is 1. The number of para-hydroxylation sites is 1. The van der Waals surface area contributed by atoms with Gasteiger partial charge in [0.15, 0.2) is 0 Å². The number of fused-ring (bicyclic) bond motifs is 3. The highest BCUT2D eigenvalue weighted by Crippen LogP contribution is 2.39. The number of ether oxygens (including phenoxy) is 1. The molecule has 1 saturated heterocycles. The van der Waals surface area contributed by atoms with Crippen LogP contribution in [-0.4, -0.2) is 41.0 Å². The van der Waals surface area contributed by atoms with Crippen LogP contribution in [0.15, 0.2) is 84.9 Å². The number of nitrogens with one attached hydrogen (secondary N) is 1. The van der Waals surface area contributed by atoms with Crippen molar-refractivity contribution in [2.45, 2.75) is 38.4 Å². The van der Waals surface area contributed by atoms with Gasteiger partial charge in [0.25, 0.3) is 5.91 Å². The van der Waals surface area contributed by atoms with Crippen LogP contribution in [0.5, 0.6) is 5.75 Å². The van der Waals surface area contributed by atoms with Gasteiger partial charge in [-0.2, -0.15) is 0 Å². The highest BCUT2D eigenvalue weighted by molar-refractivity contribution is 6.07. The molecular weight excluding hydrogens is 446 g/mol. The second kappa shape index (κ2) is 9.75. The maximum atomic E-state index is 13.6. The number of hydrogen-bond acceptors (Lipinski definition) is 4. The van der Waals surface area contributed by atoms with Crippen molar-refractivity contribution in [3.63, 3.8) is 0 Å². The van der Waals surface area contributed by atoms with Gasteiger partial charge in [-0.1, -0.05) is 48.5 Å². The number of nitrogens with zero attached hydrogens (tertiary/aromatic N) is 2. The Labute approximate surface area is 212 Å². The van der Waals surface area contributed by atoms with Gasteiger partial charge in [-0.3, -0.25) is 9.69 Å². The molecular formula is C31H31N3O2. The zero-order valence-electron chi connectivity index (χ0n) is 20.6. The molecule has 2 heterocycles. The molecule has 5 heteroatoms. The largest absolute Gasteiger partial charge is 0.494 e. The summed E-state index contributed by atoms with van der Waals surface area (Å²) in [5, 5.41) is 4.28. The van der Waals surface area contributed by atoms with Crippen LogP contribution >= 0.6 is 0 Å². The van der Waals surface area contributed by atoms with E-state index in [9.17, 15) is 4.79 Å². The summed E-state index contributed by atoms with van der Waals surface area (Å²) >= 11 is 0. The number of carbonyl (C=O) groups excluding carboxylic acids is 1. The molecule has 1 amide bonds. The van der Waals surface area contributed by atoms with E-state index in [1.807, 2.05) is 61.5 Å². The van der Waals surface area contributed by atoms with Gasteiger partial charge in [0.1, 0.15) is 5.75 Å². The Hall–Kier alpha value is -3.70. The van der Waals surface area contributed by atoms with E-state index in [0.29, 0.717) is 24.1 Å². The van der Waals surface area contributed by atoms with Gasteiger partial charge in [0.2, 0.25) is 0 Å².